The van der Waals surface area contributed by atoms with E-state index in [-0.39, 0.29) is 16.7 Å². The highest BCUT2D eigenvalue weighted by Crippen LogP contribution is 2.27. The van der Waals surface area contributed by atoms with Gasteiger partial charge in [-0.05, 0) is 25.0 Å². The summed E-state index contributed by atoms with van der Waals surface area (Å²) in [5, 5.41) is 8.71. The first kappa shape index (κ1) is 13.2. The molecule has 1 fully saturated rings. The van der Waals surface area contributed by atoms with Gasteiger partial charge in [0.05, 0.1) is 0 Å². The van der Waals surface area contributed by atoms with Crippen molar-refractivity contribution in [3.05, 3.63) is 17.0 Å². The van der Waals surface area contributed by atoms with Crippen LogP contribution < -0.4 is 0 Å². The number of piperidine rings is 1. The molecule has 96 valence electrons. The second kappa shape index (κ2) is 5.18. The van der Waals surface area contributed by atoms with Crippen molar-refractivity contribution in [1.82, 2.24) is 4.31 Å². The van der Waals surface area contributed by atoms with Crippen LogP contribution in [0.5, 0.6) is 0 Å². The van der Waals surface area contributed by atoms with Crippen LogP contribution in [0.15, 0.2) is 16.3 Å². The zero-order valence-electron chi connectivity index (χ0n) is 9.57. The van der Waals surface area contributed by atoms with Crippen molar-refractivity contribution >= 4 is 27.6 Å². The Bertz CT molecular complexity index is 586. The lowest BCUT2D eigenvalue weighted by atomic mass is 10.0. The number of hydrogen-bond acceptors (Lipinski definition) is 5. The molecule has 1 aliphatic rings. The lowest BCUT2D eigenvalue weighted by Crippen LogP contribution is -2.40. The Kier molecular flexibility index (Phi) is 3.80. The molecule has 0 spiro atoms. The lowest BCUT2D eigenvalue weighted by Gasteiger charge is -2.28. The van der Waals surface area contributed by atoms with E-state index in [0.717, 1.165) is 24.0 Å². The van der Waals surface area contributed by atoms with Gasteiger partial charge in [0, 0.05) is 19.0 Å². The first-order valence-corrected chi connectivity index (χ1v) is 7.79. The van der Waals surface area contributed by atoms with E-state index in [1.54, 1.807) is 0 Å². The molecule has 0 bridgehead atoms. The molecule has 1 aliphatic heterocycles. The van der Waals surface area contributed by atoms with Gasteiger partial charge in [-0.25, -0.2) is 8.42 Å². The van der Waals surface area contributed by atoms with Crippen LogP contribution in [-0.4, -0.2) is 32.1 Å². The number of aldehydes is 1. The van der Waals surface area contributed by atoms with Gasteiger partial charge in [-0.3, -0.25) is 0 Å². The molecule has 1 atom stereocenters. The maximum absolute atomic E-state index is 12.3. The van der Waals surface area contributed by atoms with Gasteiger partial charge in [0.1, 0.15) is 21.4 Å². The Labute approximate surface area is 110 Å². The SMILES string of the molecule is N#Cc1ccc(S(=O)(=O)N2CCCC(C=O)C2)s1. The zero-order chi connectivity index (χ0) is 13.2. The van der Waals surface area contributed by atoms with Crippen molar-refractivity contribution in [3.8, 4) is 6.07 Å². The number of rotatable bonds is 3. The molecule has 0 saturated carbocycles. The molecule has 0 amide bonds. The summed E-state index contributed by atoms with van der Waals surface area (Å²) in [5.74, 6) is -0.219. The summed E-state index contributed by atoms with van der Waals surface area (Å²) >= 11 is 0.963. The summed E-state index contributed by atoms with van der Waals surface area (Å²) in [6, 6.07) is 4.87. The minimum absolute atomic E-state index is 0.172. The number of carbonyl (C=O) groups excluding carboxylic acids is 1. The second-order valence-electron chi connectivity index (χ2n) is 4.13. The predicted octanol–water partition coefficient (Wildman–Crippen LogP) is 1.22. The Balaban J connectivity index is 2.25. The average molecular weight is 284 g/mol. The summed E-state index contributed by atoms with van der Waals surface area (Å²) in [5.41, 5.74) is 0. The van der Waals surface area contributed by atoms with Gasteiger partial charge >= 0.3 is 0 Å². The Morgan fingerprint density at radius 2 is 2.28 bits per heavy atom. The highest BCUT2D eigenvalue weighted by molar-refractivity contribution is 7.91. The van der Waals surface area contributed by atoms with Gasteiger partial charge in [-0.2, -0.15) is 9.57 Å². The van der Waals surface area contributed by atoms with Crippen LogP contribution in [0.25, 0.3) is 0 Å². The summed E-state index contributed by atoms with van der Waals surface area (Å²) < 4.78 is 26.1. The minimum Gasteiger partial charge on any atom is -0.303 e. The molecule has 0 aromatic carbocycles. The van der Waals surface area contributed by atoms with Gasteiger partial charge in [0.15, 0.2) is 0 Å². The number of hydrogen-bond donors (Lipinski definition) is 0. The van der Waals surface area contributed by atoms with Crippen LogP contribution >= 0.6 is 11.3 Å². The van der Waals surface area contributed by atoms with E-state index in [2.05, 4.69) is 0 Å². The number of nitrogens with zero attached hydrogens (tertiary/aromatic N) is 2. The topological polar surface area (TPSA) is 78.2 Å². The van der Waals surface area contributed by atoms with Crippen LogP contribution in [0.1, 0.15) is 17.7 Å². The monoisotopic (exact) mass is 284 g/mol. The fourth-order valence-corrected chi connectivity index (χ4v) is 4.74. The zero-order valence-corrected chi connectivity index (χ0v) is 11.2. The highest BCUT2D eigenvalue weighted by atomic mass is 32.2. The molecular formula is C11H12N2O3S2. The number of sulfonamides is 1. The molecule has 1 aromatic rings. The largest absolute Gasteiger partial charge is 0.303 e. The summed E-state index contributed by atoms with van der Waals surface area (Å²) in [4.78, 5) is 11.1. The molecule has 5 nitrogen and oxygen atoms in total. The fraction of sp³-hybridized carbons (Fsp3) is 0.455. The van der Waals surface area contributed by atoms with Gasteiger partial charge < -0.3 is 4.79 Å². The van der Waals surface area contributed by atoms with Gasteiger partial charge in [0.2, 0.25) is 0 Å². The van der Waals surface area contributed by atoms with Gasteiger partial charge in [-0.15, -0.1) is 11.3 Å². The van der Waals surface area contributed by atoms with Crippen molar-refractivity contribution in [2.24, 2.45) is 5.92 Å². The van der Waals surface area contributed by atoms with Crippen LogP contribution in [0.3, 0.4) is 0 Å². The lowest BCUT2D eigenvalue weighted by molar-refractivity contribution is -0.112. The minimum atomic E-state index is -3.55. The van der Waals surface area contributed by atoms with Crippen molar-refractivity contribution in [2.75, 3.05) is 13.1 Å². The molecule has 0 radical (unpaired) electrons. The third-order valence-electron chi connectivity index (χ3n) is 2.90. The third kappa shape index (κ3) is 2.46. The first-order chi connectivity index (χ1) is 8.57. The smallest absolute Gasteiger partial charge is 0.252 e. The van der Waals surface area contributed by atoms with Gasteiger partial charge in [0.25, 0.3) is 10.0 Å². The molecule has 0 N–H and O–H groups in total. The Morgan fingerprint density at radius 1 is 1.50 bits per heavy atom. The normalized spacial score (nSPS) is 21.4. The maximum atomic E-state index is 12.3. The molecule has 2 rings (SSSR count). The second-order valence-corrected chi connectivity index (χ2v) is 7.38. The molecule has 1 unspecified atom stereocenters. The predicted molar refractivity (Wildman–Crippen MR) is 66.6 cm³/mol. The Hall–Kier alpha value is -1.23. The highest BCUT2D eigenvalue weighted by Gasteiger charge is 2.31. The standard InChI is InChI=1S/C11H12N2O3S2/c12-6-10-3-4-11(17-10)18(15,16)13-5-1-2-9(7-13)8-14/h3-4,8-9H,1-2,5,7H2. The quantitative estimate of drug-likeness (QED) is 0.782. The van der Waals surface area contributed by atoms with Crippen LogP contribution in [-0.2, 0) is 14.8 Å². The number of thiophene rings is 1. The van der Waals surface area contributed by atoms with Crippen LogP contribution in [0.2, 0.25) is 0 Å². The van der Waals surface area contributed by atoms with E-state index in [4.69, 9.17) is 5.26 Å². The average Bonchev–Trinajstić information content (AvgIpc) is 2.88. The van der Waals surface area contributed by atoms with Crippen LogP contribution in [0, 0.1) is 17.2 Å². The summed E-state index contributed by atoms with van der Waals surface area (Å²) in [6.45, 7) is 0.679. The molecule has 1 saturated heterocycles. The Morgan fingerprint density at radius 3 is 2.89 bits per heavy atom. The summed E-state index contributed by atoms with van der Waals surface area (Å²) in [6.07, 6.45) is 2.25. The first-order valence-electron chi connectivity index (χ1n) is 5.53. The van der Waals surface area contributed by atoms with E-state index in [1.165, 1.54) is 16.4 Å². The molecule has 1 aromatic heterocycles. The molecule has 18 heavy (non-hydrogen) atoms. The van der Waals surface area contributed by atoms with E-state index in [9.17, 15) is 13.2 Å². The number of nitriles is 1. The van der Waals surface area contributed by atoms with E-state index < -0.39 is 10.0 Å². The van der Waals surface area contributed by atoms with Crippen molar-refractivity contribution in [3.63, 3.8) is 0 Å². The number of carbonyl (C=O) groups is 1. The van der Waals surface area contributed by atoms with Crippen molar-refractivity contribution in [1.29, 1.82) is 5.26 Å². The molecule has 0 aliphatic carbocycles. The summed E-state index contributed by atoms with van der Waals surface area (Å²) in [7, 11) is -3.55. The van der Waals surface area contributed by atoms with Crippen LogP contribution in [0.4, 0.5) is 0 Å². The maximum Gasteiger partial charge on any atom is 0.252 e. The molecular weight excluding hydrogens is 272 g/mol. The van der Waals surface area contributed by atoms with Crippen molar-refractivity contribution < 1.29 is 13.2 Å². The van der Waals surface area contributed by atoms with Gasteiger partial charge in [-0.1, -0.05) is 0 Å². The fourth-order valence-electron chi connectivity index (χ4n) is 1.95. The van der Waals surface area contributed by atoms with E-state index in [1.807, 2.05) is 6.07 Å². The van der Waals surface area contributed by atoms with E-state index >= 15 is 0 Å². The third-order valence-corrected chi connectivity index (χ3v) is 6.22. The molecule has 7 heteroatoms. The molecule has 2 heterocycles. The van der Waals surface area contributed by atoms with E-state index in [0.29, 0.717) is 17.8 Å². The van der Waals surface area contributed by atoms with Crippen molar-refractivity contribution in [2.45, 2.75) is 17.1 Å².